The predicted molar refractivity (Wildman–Crippen MR) is 122 cm³/mol. The van der Waals surface area contributed by atoms with Gasteiger partial charge in [0.2, 0.25) is 0 Å². The molecule has 8 nitrogen and oxygen atoms in total. The average molecular weight is 505 g/mol. The molecule has 1 aromatic rings. The first-order chi connectivity index (χ1) is 13.1. The quantitative estimate of drug-likeness (QED) is 0.303. The van der Waals surface area contributed by atoms with Crippen molar-refractivity contribution < 1.29 is 4.74 Å². The van der Waals surface area contributed by atoms with Crippen LogP contribution in [-0.2, 0) is 24.3 Å². The fraction of sp³-hybridized carbons (Fsp3) is 0.842. The number of nitrogens with one attached hydrogen (secondary N) is 2. The molecule has 0 amide bonds. The van der Waals surface area contributed by atoms with Gasteiger partial charge in [0.05, 0.1) is 13.1 Å². The molecule has 1 unspecified atom stereocenters. The van der Waals surface area contributed by atoms with Crippen molar-refractivity contribution in [3.8, 4) is 0 Å². The molecule has 1 aliphatic carbocycles. The molecular weight excluding hydrogens is 469 g/mol. The van der Waals surface area contributed by atoms with Crippen molar-refractivity contribution in [1.29, 1.82) is 0 Å². The number of halogens is 1. The SMILES string of the molecule is CCNC(=NCCN(C(C)C)C1CC1)NC1CCc2nc(COC)nn2C1.I. The highest BCUT2D eigenvalue weighted by atomic mass is 127. The van der Waals surface area contributed by atoms with Gasteiger partial charge >= 0.3 is 0 Å². The van der Waals surface area contributed by atoms with Crippen LogP contribution in [0.25, 0.3) is 0 Å². The first-order valence-corrected chi connectivity index (χ1v) is 10.3. The molecule has 1 saturated carbocycles. The molecule has 0 radical (unpaired) electrons. The van der Waals surface area contributed by atoms with E-state index >= 15 is 0 Å². The van der Waals surface area contributed by atoms with E-state index in [-0.39, 0.29) is 24.0 Å². The van der Waals surface area contributed by atoms with Crippen molar-refractivity contribution in [2.45, 2.75) is 77.7 Å². The molecule has 0 bridgehead atoms. The Morgan fingerprint density at radius 2 is 2.14 bits per heavy atom. The second-order valence-electron chi connectivity index (χ2n) is 7.76. The van der Waals surface area contributed by atoms with Crippen LogP contribution < -0.4 is 10.6 Å². The number of methoxy groups -OCH3 is 1. The zero-order chi connectivity index (χ0) is 19.2. The Hall–Kier alpha value is -0.940. The summed E-state index contributed by atoms with van der Waals surface area (Å²) >= 11 is 0. The third-order valence-corrected chi connectivity index (χ3v) is 5.17. The Morgan fingerprint density at radius 3 is 2.79 bits per heavy atom. The van der Waals surface area contributed by atoms with E-state index in [2.05, 4.69) is 46.4 Å². The summed E-state index contributed by atoms with van der Waals surface area (Å²) in [6, 6.07) is 1.69. The summed E-state index contributed by atoms with van der Waals surface area (Å²) in [5.41, 5.74) is 0. The maximum absolute atomic E-state index is 5.14. The molecule has 1 atom stereocenters. The van der Waals surface area contributed by atoms with E-state index in [0.29, 0.717) is 18.7 Å². The van der Waals surface area contributed by atoms with Crippen molar-refractivity contribution in [3.05, 3.63) is 11.6 Å². The van der Waals surface area contributed by atoms with Crippen LogP contribution >= 0.6 is 24.0 Å². The molecule has 160 valence electrons. The van der Waals surface area contributed by atoms with Crippen molar-refractivity contribution in [2.75, 3.05) is 26.7 Å². The lowest BCUT2D eigenvalue weighted by Crippen LogP contribution is -2.47. The van der Waals surface area contributed by atoms with Gasteiger partial charge in [-0.1, -0.05) is 0 Å². The molecule has 1 aliphatic heterocycles. The molecular formula is C19H36IN7O. The molecule has 1 fully saturated rings. The van der Waals surface area contributed by atoms with Crippen LogP contribution in [-0.4, -0.2) is 70.5 Å². The molecule has 2 heterocycles. The lowest BCUT2D eigenvalue weighted by Gasteiger charge is -2.27. The molecule has 9 heteroatoms. The Labute approximate surface area is 185 Å². The molecule has 2 aliphatic rings. The minimum atomic E-state index is 0. The number of guanidine groups is 1. The van der Waals surface area contributed by atoms with E-state index in [9.17, 15) is 0 Å². The summed E-state index contributed by atoms with van der Waals surface area (Å²) in [4.78, 5) is 11.9. The first-order valence-electron chi connectivity index (χ1n) is 10.3. The van der Waals surface area contributed by atoms with Crippen molar-refractivity contribution in [2.24, 2.45) is 4.99 Å². The lowest BCUT2D eigenvalue weighted by molar-refractivity contribution is 0.177. The highest BCUT2D eigenvalue weighted by molar-refractivity contribution is 14.0. The zero-order valence-corrected chi connectivity index (χ0v) is 20.0. The van der Waals surface area contributed by atoms with Gasteiger partial charge < -0.3 is 15.4 Å². The lowest BCUT2D eigenvalue weighted by atomic mass is 10.1. The van der Waals surface area contributed by atoms with Gasteiger partial charge in [0.25, 0.3) is 0 Å². The van der Waals surface area contributed by atoms with Gasteiger partial charge in [0.15, 0.2) is 11.8 Å². The van der Waals surface area contributed by atoms with E-state index in [1.165, 1.54) is 12.8 Å². The van der Waals surface area contributed by atoms with Crippen LogP contribution in [0.4, 0.5) is 0 Å². The van der Waals surface area contributed by atoms with Crippen molar-refractivity contribution >= 4 is 29.9 Å². The number of aliphatic imine (C=N–C) groups is 1. The topological polar surface area (TPSA) is 79.6 Å². The Bertz CT molecular complexity index is 628. The van der Waals surface area contributed by atoms with Gasteiger partial charge in [0, 0.05) is 44.7 Å². The fourth-order valence-corrected chi connectivity index (χ4v) is 3.73. The summed E-state index contributed by atoms with van der Waals surface area (Å²) in [5.74, 6) is 2.73. The van der Waals surface area contributed by atoms with Gasteiger partial charge in [-0.05, 0) is 40.0 Å². The summed E-state index contributed by atoms with van der Waals surface area (Å²) in [6.07, 6.45) is 4.65. The van der Waals surface area contributed by atoms with Crippen LogP contribution in [0, 0.1) is 0 Å². The van der Waals surface area contributed by atoms with E-state index in [0.717, 1.165) is 62.7 Å². The van der Waals surface area contributed by atoms with Crippen LogP contribution in [0.5, 0.6) is 0 Å². The normalized spacial score (nSPS) is 19.5. The van der Waals surface area contributed by atoms with Gasteiger partial charge in [-0.25, -0.2) is 9.67 Å². The number of nitrogens with zero attached hydrogens (tertiary/aromatic N) is 5. The van der Waals surface area contributed by atoms with Gasteiger partial charge in [-0.3, -0.25) is 9.89 Å². The summed E-state index contributed by atoms with van der Waals surface area (Å²) in [7, 11) is 1.67. The van der Waals surface area contributed by atoms with Crippen molar-refractivity contribution in [1.82, 2.24) is 30.3 Å². The molecule has 0 saturated heterocycles. The molecule has 0 spiro atoms. The van der Waals surface area contributed by atoms with Crippen LogP contribution in [0.1, 0.15) is 51.7 Å². The maximum atomic E-state index is 5.14. The maximum Gasteiger partial charge on any atom is 0.191 e. The van der Waals surface area contributed by atoms with E-state index in [4.69, 9.17) is 9.73 Å². The number of ether oxygens (including phenoxy) is 1. The van der Waals surface area contributed by atoms with Crippen molar-refractivity contribution in [3.63, 3.8) is 0 Å². The second kappa shape index (κ2) is 11.3. The average Bonchev–Trinajstić information content (AvgIpc) is 3.38. The Morgan fingerprint density at radius 1 is 1.36 bits per heavy atom. The standard InChI is InChI=1S/C19H35N7O.HI/c1-5-20-19(21-10-11-25(14(2)3)16-7-8-16)22-15-6-9-18-23-17(13-27-4)24-26(18)12-15;/h14-16H,5-13H2,1-4H3,(H2,20,21,22);1H. The smallest absolute Gasteiger partial charge is 0.191 e. The molecule has 2 N–H and O–H groups in total. The highest BCUT2D eigenvalue weighted by Gasteiger charge is 2.30. The molecule has 0 aromatic carbocycles. The van der Waals surface area contributed by atoms with E-state index in [1.807, 2.05) is 4.68 Å². The van der Waals surface area contributed by atoms with Crippen LogP contribution in [0.15, 0.2) is 4.99 Å². The number of aromatic nitrogens is 3. The minimum Gasteiger partial charge on any atom is -0.377 e. The number of aryl methyl sites for hydroxylation is 1. The fourth-order valence-electron chi connectivity index (χ4n) is 3.73. The van der Waals surface area contributed by atoms with Gasteiger partial charge in [-0.15, -0.1) is 24.0 Å². The number of hydrogen-bond donors (Lipinski definition) is 2. The first kappa shape index (κ1) is 23.3. The van der Waals surface area contributed by atoms with Crippen LogP contribution in [0.3, 0.4) is 0 Å². The minimum absolute atomic E-state index is 0. The van der Waals surface area contributed by atoms with Gasteiger partial charge in [-0.2, -0.15) is 5.10 Å². The molecule has 3 rings (SSSR count). The monoisotopic (exact) mass is 505 g/mol. The Kier molecular flexibility index (Phi) is 9.42. The van der Waals surface area contributed by atoms with Crippen LogP contribution in [0.2, 0.25) is 0 Å². The second-order valence-corrected chi connectivity index (χ2v) is 7.76. The molecule has 1 aromatic heterocycles. The largest absolute Gasteiger partial charge is 0.377 e. The number of fused-ring (bicyclic) bond motifs is 1. The third-order valence-electron chi connectivity index (χ3n) is 5.17. The van der Waals surface area contributed by atoms with E-state index < -0.39 is 0 Å². The summed E-state index contributed by atoms with van der Waals surface area (Å²) < 4.78 is 7.15. The zero-order valence-electron chi connectivity index (χ0n) is 17.6. The van der Waals surface area contributed by atoms with E-state index in [1.54, 1.807) is 7.11 Å². The third kappa shape index (κ3) is 6.55. The molecule has 28 heavy (non-hydrogen) atoms. The summed E-state index contributed by atoms with van der Waals surface area (Å²) in [6.45, 7) is 10.7. The number of hydrogen-bond acceptors (Lipinski definition) is 5. The Balaban J connectivity index is 0.00000280. The predicted octanol–water partition coefficient (Wildman–Crippen LogP) is 1.79. The highest BCUT2D eigenvalue weighted by Crippen LogP contribution is 2.28. The summed E-state index contributed by atoms with van der Waals surface area (Å²) in [5, 5.41) is 11.5. The number of rotatable bonds is 9. The van der Waals surface area contributed by atoms with Gasteiger partial charge in [0.1, 0.15) is 12.4 Å².